The highest BCUT2D eigenvalue weighted by atomic mass is 79.9. The molecule has 0 fully saturated rings. The van der Waals surface area contributed by atoms with Gasteiger partial charge < -0.3 is 14.0 Å². The summed E-state index contributed by atoms with van der Waals surface area (Å²) in [5.41, 5.74) is 0.719. The number of hydrogen-bond donors (Lipinski definition) is 0. The molecular weight excluding hydrogens is 527 g/mol. The highest BCUT2D eigenvalue weighted by molar-refractivity contribution is 9.10. The summed E-state index contributed by atoms with van der Waals surface area (Å²) < 4.78 is 25.9. The van der Waals surface area contributed by atoms with Crippen LogP contribution in [-0.4, -0.2) is 25.3 Å². The second-order valence-corrected chi connectivity index (χ2v) is 11.4. The Balaban J connectivity index is 2.39. The molecule has 3 rings (SSSR count). The second-order valence-electron chi connectivity index (χ2n) is 7.61. The maximum absolute atomic E-state index is 14.7. The van der Waals surface area contributed by atoms with E-state index in [0.29, 0.717) is 15.6 Å². The highest BCUT2D eigenvalue weighted by Crippen LogP contribution is 2.56. The Bertz CT molecular complexity index is 1250. The van der Waals surface area contributed by atoms with Gasteiger partial charge in [0.25, 0.3) is 0 Å². The van der Waals surface area contributed by atoms with Crippen LogP contribution in [0.4, 0.5) is 0 Å². The number of halogens is 2. The molecule has 33 heavy (non-hydrogen) atoms. The van der Waals surface area contributed by atoms with Gasteiger partial charge in [0.2, 0.25) is 18.2 Å². The van der Waals surface area contributed by atoms with Crippen molar-refractivity contribution in [3.63, 3.8) is 0 Å². The van der Waals surface area contributed by atoms with Crippen LogP contribution in [0, 0.1) is 20.8 Å². The number of benzene rings is 3. The molecule has 1 atom stereocenters. The normalized spacial score (nSPS) is 12.7. The molecule has 1 unspecified atom stereocenters. The number of ether oxygens (including phenoxy) is 2. The van der Waals surface area contributed by atoms with Gasteiger partial charge in [-0.3, -0.25) is 9.59 Å². The molecule has 0 spiro atoms. The van der Waals surface area contributed by atoms with Crippen molar-refractivity contribution in [1.29, 1.82) is 0 Å². The molecule has 0 aliphatic carbocycles. The first-order valence-electron chi connectivity index (χ1n) is 10.0. The zero-order valence-corrected chi connectivity index (χ0v) is 22.1. The van der Waals surface area contributed by atoms with Crippen molar-refractivity contribution in [3.8, 4) is 11.5 Å². The van der Waals surface area contributed by atoms with E-state index in [2.05, 4.69) is 15.9 Å². The van der Waals surface area contributed by atoms with E-state index < -0.39 is 18.2 Å². The van der Waals surface area contributed by atoms with E-state index in [1.54, 1.807) is 32.0 Å². The fourth-order valence-electron chi connectivity index (χ4n) is 3.97. The summed E-state index contributed by atoms with van der Waals surface area (Å²) in [6.07, 6.45) is 0. The smallest absolute Gasteiger partial charge is 0.249 e. The van der Waals surface area contributed by atoms with Crippen LogP contribution in [0.2, 0.25) is 5.02 Å². The molecule has 0 radical (unpaired) electrons. The fourth-order valence-corrected chi connectivity index (χ4v) is 7.41. The molecule has 0 aliphatic heterocycles. The zero-order valence-electron chi connectivity index (χ0n) is 18.9. The lowest BCUT2D eigenvalue weighted by atomic mass is 10.0. The summed E-state index contributed by atoms with van der Waals surface area (Å²) in [6.45, 7) is 5.45. The van der Waals surface area contributed by atoms with Crippen LogP contribution >= 0.6 is 34.7 Å². The van der Waals surface area contributed by atoms with E-state index in [1.807, 2.05) is 19.1 Å². The summed E-state index contributed by atoms with van der Waals surface area (Å²) in [5, 5.41) is 0.239. The van der Waals surface area contributed by atoms with Crippen molar-refractivity contribution in [2.45, 2.75) is 20.8 Å². The van der Waals surface area contributed by atoms with Gasteiger partial charge in [-0.1, -0.05) is 59.6 Å². The van der Waals surface area contributed by atoms with Gasteiger partial charge in [0.15, 0.2) is 5.75 Å². The summed E-state index contributed by atoms with van der Waals surface area (Å²) in [5.74, 6) is 0.0746. The van der Waals surface area contributed by atoms with E-state index in [0.717, 1.165) is 5.56 Å². The minimum absolute atomic E-state index is 0.0111. The third-order valence-corrected chi connectivity index (χ3v) is 8.83. The lowest BCUT2D eigenvalue weighted by Crippen LogP contribution is -2.22. The predicted molar refractivity (Wildman–Crippen MR) is 135 cm³/mol. The van der Waals surface area contributed by atoms with Crippen molar-refractivity contribution >= 4 is 51.0 Å². The minimum Gasteiger partial charge on any atom is -0.495 e. The van der Waals surface area contributed by atoms with Crippen LogP contribution in [0.3, 0.4) is 0 Å². The molecule has 0 heterocycles. The molecule has 0 aliphatic rings. The Morgan fingerprint density at radius 3 is 1.88 bits per heavy atom. The number of hydrogen-bond acceptors (Lipinski definition) is 5. The molecule has 0 bridgehead atoms. The van der Waals surface area contributed by atoms with E-state index in [-0.39, 0.29) is 33.0 Å². The summed E-state index contributed by atoms with van der Waals surface area (Å²) in [6, 6.07) is 13.2. The number of aryl methyl sites for hydroxylation is 3. The lowest BCUT2D eigenvalue weighted by molar-refractivity contribution is 0.103. The van der Waals surface area contributed by atoms with Gasteiger partial charge in [-0.05, 0) is 53.9 Å². The van der Waals surface area contributed by atoms with Gasteiger partial charge >= 0.3 is 0 Å². The fraction of sp³-hybridized carbons (Fsp3) is 0.200. The van der Waals surface area contributed by atoms with Gasteiger partial charge in [0, 0.05) is 10.9 Å². The monoisotopic (exact) mass is 548 g/mol. The van der Waals surface area contributed by atoms with Gasteiger partial charge in [0.1, 0.15) is 11.3 Å². The molecule has 172 valence electrons. The van der Waals surface area contributed by atoms with Crippen LogP contribution < -0.4 is 14.8 Å². The predicted octanol–water partition coefficient (Wildman–Crippen LogP) is 6.71. The van der Waals surface area contributed by atoms with Crippen LogP contribution in [0.5, 0.6) is 11.5 Å². The van der Waals surface area contributed by atoms with Crippen molar-refractivity contribution in [3.05, 3.63) is 85.8 Å². The van der Waals surface area contributed by atoms with Crippen LogP contribution in [0.15, 0.2) is 53.0 Å². The van der Waals surface area contributed by atoms with Gasteiger partial charge in [-0.15, -0.1) is 0 Å². The van der Waals surface area contributed by atoms with Gasteiger partial charge in [-0.25, -0.2) is 0 Å². The molecule has 3 aromatic rings. The molecular formula is C25H23BrClO5P. The van der Waals surface area contributed by atoms with Gasteiger partial charge in [0.05, 0.1) is 23.7 Å². The average Bonchev–Trinajstić information content (AvgIpc) is 2.77. The highest BCUT2D eigenvalue weighted by Gasteiger charge is 2.46. The topological polar surface area (TPSA) is 69.7 Å². The first-order valence-corrected chi connectivity index (χ1v) is 12.9. The van der Waals surface area contributed by atoms with Crippen LogP contribution in [0.25, 0.3) is 0 Å². The van der Waals surface area contributed by atoms with E-state index in [1.165, 1.54) is 32.4 Å². The van der Waals surface area contributed by atoms with E-state index >= 15 is 0 Å². The maximum atomic E-state index is 14.7. The van der Waals surface area contributed by atoms with Crippen molar-refractivity contribution in [1.82, 2.24) is 0 Å². The van der Waals surface area contributed by atoms with Gasteiger partial charge in [-0.2, -0.15) is 0 Å². The third kappa shape index (κ3) is 4.40. The first kappa shape index (κ1) is 25.2. The number of rotatable bonds is 7. The van der Waals surface area contributed by atoms with E-state index in [4.69, 9.17) is 21.1 Å². The molecule has 8 heteroatoms. The molecule has 0 saturated carbocycles. The summed E-state index contributed by atoms with van der Waals surface area (Å²) in [7, 11) is -1.69. The van der Waals surface area contributed by atoms with Crippen molar-refractivity contribution in [2.75, 3.05) is 14.2 Å². The Labute approximate surface area is 206 Å². The second kappa shape index (κ2) is 9.84. The Hall–Kier alpha value is -2.40. The van der Waals surface area contributed by atoms with Crippen molar-refractivity contribution < 1.29 is 23.6 Å². The summed E-state index contributed by atoms with van der Waals surface area (Å²) >= 11 is 9.67. The molecule has 0 N–H and O–H groups in total. The third-order valence-electron chi connectivity index (χ3n) is 5.35. The molecule has 3 aromatic carbocycles. The molecule has 0 saturated heterocycles. The lowest BCUT2D eigenvalue weighted by Gasteiger charge is -2.22. The number of carbonyl (C=O) groups excluding carboxylic acids is 2. The standard InChI is InChI=1S/C25H23BrClO5P/c1-14-11-15(2)20(16(3)12-14)24(28)33(30,17-9-7-6-8-10-17)25(29)21-22(31-4)18(26)13-19(27)23(21)32-5/h6-13H,1-5H3. The number of methoxy groups -OCH3 is 2. The SMILES string of the molecule is COc1c(Cl)cc(Br)c(OC)c1C(=O)P(=O)(C(=O)c1c(C)cc(C)cc1C)c1ccccc1. The van der Waals surface area contributed by atoms with Crippen LogP contribution in [0.1, 0.15) is 37.4 Å². The first-order chi connectivity index (χ1) is 15.6. The molecule has 0 aromatic heterocycles. The summed E-state index contributed by atoms with van der Waals surface area (Å²) in [4.78, 5) is 28.1. The Morgan fingerprint density at radius 2 is 1.36 bits per heavy atom. The Morgan fingerprint density at radius 1 is 0.848 bits per heavy atom. The molecule has 0 amide bonds. The maximum Gasteiger partial charge on any atom is 0.249 e. The average molecular weight is 550 g/mol. The van der Waals surface area contributed by atoms with Crippen LogP contribution in [-0.2, 0) is 4.57 Å². The number of carbonyl (C=O) groups is 2. The largest absolute Gasteiger partial charge is 0.495 e. The molecule has 5 nitrogen and oxygen atoms in total. The zero-order chi connectivity index (χ0) is 24.5. The van der Waals surface area contributed by atoms with E-state index in [9.17, 15) is 14.2 Å². The Kier molecular flexibility index (Phi) is 7.52. The quantitative estimate of drug-likeness (QED) is 0.306. The van der Waals surface area contributed by atoms with Crippen molar-refractivity contribution in [2.24, 2.45) is 0 Å². The minimum atomic E-state index is -4.40.